The van der Waals surface area contributed by atoms with Crippen LogP contribution < -0.4 is 11.3 Å². The summed E-state index contributed by atoms with van der Waals surface area (Å²) in [6.07, 6.45) is 2.35. The number of thiophene rings is 1. The second-order valence-corrected chi connectivity index (χ2v) is 5.56. The highest BCUT2D eigenvalue weighted by atomic mass is 79.9. The van der Waals surface area contributed by atoms with E-state index in [1.165, 1.54) is 4.88 Å². The average Bonchev–Trinajstić information content (AvgIpc) is 2.84. The molecule has 86 valence electrons. The predicted molar refractivity (Wildman–Crippen MR) is 69.5 cm³/mol. The zero-order valence-corrected chi connectivity index (χ0v) is 11.4. The van der Waals surface area contributed by atoms with E-state index in [0.29, 0.717) is 5.22 Å². The van der Waals surface area contributed by atoms with Gasteiger partial charge in [-0.1, -0.05) is 0 Å². The lowest BCUT2D eigenvalue weighted by Crippen LogP contribution is -2.29. The van der Waals surface area contributed by atoms with Crippen LogP contribution in [0.1, 0.15) is 16.5 Å². The zero-order valence-electron chi connectivity index (χ0n) is 8.24. The molecular weight excluding hydrogens is 312 g/mol. The van der Waals surface area contributed by atoms with E-state index in [-0.39, 0.29) is 6.04 Å². The number of nitrogens with one attached hydrogen (secondary N) is 1. The molecule has 0 fully saturated rings. The van der Waals surface area contributed by atoms with Crippen LogP contribution in [0.3, 0.4) is 0 Å². The Morgan fingerprint density at radius 3 is 2.94 bits per heavy atom. The Morgan fingerprint density at radius 2 is 2.44 bits per heavy atom. The second kappa shape index (κ2) is 5.33. The molecule has 0 saturated heterocycles. The Bertz CT molecular complexity index is 471. The molecule has 0 bridgehead atoms. The molecule has 3 nitrogen and oxygen atoms in total. The normalized spacial score (nSPS) is 12.9. The fourth-order valence-electron chi connectivity index (χ4n) is 1.47. The van der Waals surface area contributed by atoms with Crippen LogP contribution in [0, 0.1) is 0 Å². The van der Waals surface area contributed by atoms with Crippen molar-refractivity contribution < 1.29 is 4.42 Å². The summed E-state index contributed by atoms with van der Waals surface area (Å²) in [7, 11) is 0. The largest absolute Gasteiger partial charge is 0.453 e. The van der Waals surface area contributed by atoms with Gasteiger partial charge in [-0.25, -0.2) is 0 Å². The fraction of sp³-hybridized carbons (Fsp3) is 0.200. The summed E-state index contributed by atoms with van der Waals surface area (Å²) in [5.41, 5.74) is 3.63. The van der Waals surface area contributed by atoms with Crippen LogP contribution in [0.4, 0.5) is 0 Å². The van der Waals surface area contributed by atoms with Gasteiger partial charge < -0.3 is 4.42 Å². The molecule has 0 amide bonds. The number of hydrogen-bond donors (Lipinski definition) is 2. The second-order valence-electron chi connectivity index (χ2n) is 3.30. The molecule has 2 rings (SSSR count). The molecule has 0 aromatic carbocycles. The first kappa shape index (κ1) is 12.1. The monoisotopic (exact) mass is 320 g/mol. The van der Waals surface area contributed by atoms with E-state index in [2.05, 4.69) is 27.4 Å². The molecule has 0 aliphatic heterocycles. The Morgan fingerprint density at radius 1 is 1.62 bits per heavy atom. The Kier molecular flexibility index (Phi) is 4.05. The van der Waals surface area contributed by atoms with Crippen molar-refractivity contribution in [2.75, 3.05) is 0 Å². The standard InChI is InChI=1S/C10H10BrClN2OS/c11-6-3-7(16-5-6)4-9(14-13)8-1-2-15-10(8)12/h1-3,5,9,14H,4,13H2. The lowest BCUT2D eigenvalue weighted by molar-refractivity contribution is 0.529. The van der Waals surface area contributed by atoms with Gasteiger partial charge in [0.25, 0.3) is 0 Å². The molecule has 2 heterocycles. The van der Waals surface area contributed by atoms with Crippen molar-refractivity contribution in [1.29, 1.82) is 0 Å². The Balaban J connectivity index is 2.15. The molecule has 1 atom stereocenters. The van der Waals surface area contributed by atoms with Gasteiger partial charge in [-0.05, 0) is 39.7 Å². The minimum absolute atomic E-state index is 0.0307. The maximum atomic E-state index is 5.92. The van der Waals surface area contributed by atoms with Crippen molar-refractivity contribution in [2.45, 2.75) is 12.5 Å². The summed E-state index contributed by atoms with van der Waals surface area (Å²) in [6.45, 7) is 0. The molecular formula is C10H10BrClN2OS. The van der Waals surface area contributed by atoms with Crippen molar-refractivity contribution >= 4 is 38.9 Å². The van der Waals surface area contributed by atoms with Gasteiger partial charge in [0, 0.05) is 26.7 Å². The van der Waals surface area contributed by atoms with Crippen LogP contribution >= 0.6 is 38.9 Å². The third kappa shape index (κ3) is 2.67. The van der Waals surface area contributed by atoms with Gasteiger partial charge >= 0.3 is 0 Å². The van der Waals surface area contributed by atoms with Crippen molar-refractivity contribution in [3.63, 3.8) is 0 Å². The highest BCUT2D eigenvalue weighted by Crippen LogP contribution is 2.29. The van der Waals surface area contributed by atoms with Crippen LogP contribution in [-0.4, -0.2) is 0 Å². The minimum Gasteiger partial charge on any atom is -0.453 e. The van der Waals surface area contributed by atoms with Crippen LogP contribution in [-0.2, 0) is 6.42 Å². The van der Waals surface area contributed by atoms with Crippen molar-refractivity contribution in [2.24, 2.45) is 5.84 Å². The number of hydrazine groups is 1. The summed E-state index contributed by atoms with van der Waals surface area (Å²) in [5, 5.41) is 2.43. The van der Waals surface area contributed by atoms with Gasteiger partial charge in [-0.3, -0.25) is 11.3 Å². The summed E-state index contributed by atoms with van der Waals surface area (Å²) in [5.74, 6) is 5.53. The molecule has 0 radical (unpaired) electrons. The number of hydrogen-bond acceptors (Lipinski definition) is 4. The smallest absolute Gasteiger partial charge is 0.197 e. The molecule has 1 unspecified atom stereocenters. The van der Waals surface area contributed by atoms with Crippen LogP contribution in [0.25, 0.3) is 0 Å². The van der Waals surface area contributed by atoms with Crippen LogP contribution in [0.5, 0.6) is 0 Å². The van der Waals surface area contributed by atoms with Crippen molar-refractivity contribution in [3.8, 4) is 0 Å². The molecule has 3 N–H and O–H groups in total. The van der Waals surface area contributed by atoms with Gasteiger partial charge in [-0.2, -0.15) is 0 Å². The van der Waals surface area contributed by atoms with Gasteiger partial charge in [0.15, 0.2) is 5.22 Å². The molecule has 2 aromatic rings. The Hall–Kier alpha value is -0.330. The molecule has 6 heteroatoms. The van der Waals surface area contributed by atoms with E-state index in [9.17, 15) is 0 Å². The molecule has 0 saturated carbocycles. The number of rotatable bonds is 4. The van der Waals surface area contributed by atoms with E-state index in [0.717, 1.165) is 16.5 Å². The molecule has 0 aliphatic carbocycles. The summed E-state index contributed by atoms with van der Waals surface area (Å²) >= 11 is 11.0. The molecule has 0 spiro atoms. The lowest BCUT2D eigenvalue weighted by Gasteiger charge is -2.13. The third-order valence-corrected chi connectivity index (χ3v) is 4.28. The quantitative estimate of drug-likeness (QED) is 0.669. The number of halogens is 2. The molecule has 0 aliphatic rings. The van der Waals surface area contributed by atoms with Crippen molar-refractivity contribution in [1.82, 2.24) is 5.43 Å². The molecule has 16 heavy (non-hydrogen) atoms. The van der Waals surface area contributed by atoms with E-state index in [1.54, 1.807) is 17.6 Å². The molecule has 2 aromatic heterocycles. The minimum atomic E-state index is -0.0307. The Labute approximate surface area is 111 Å². The van der Waals surface area contributed by atoms with Gasteiger partial charge in [0.1, 0.15) is 0 Å². The predicted octanol–water partition coefficient (Wildman–Crippen LogP) is 3.50. The summed E-state index contributed by atoms with van der Waals surface area (Å²) in [6, 6.07) is 3.87. The lowest BCUT2D eigenvalue weighted by atomic mass is 10.1. The topological polar surface area (TPSA) is 51.2 Å². The number of nitrogens with two attached hydrogens (primary N) is 1. The maximum absolute atomic E-state index is 5.92. The maximum Gasteiger partial charge on any atom is 0.197 e. The first-order valence-corrected chi connectivity index (χ1v) is 6.67. The average molecular weight is 322 g/mol. The highest BCUT2D eigenvalue weighted by molar-refractivity contribution is 9.10. The van der Waals surface area contributed by atoms with E-state index < -0.39 is 0 Å². The van der Waals surface area contributed by atoms with Crippen LogP contribution in [0.15, 0.2) is 32.7 Å². The van der Waals surface area contributed by atoms with Gasteiger partial charge in [0.2, 0.25) is 0 Å². The van der Waals surface area contributed by atoms with Crippen molar-refractivity contribution in [3.05, 3.63) is 43.9 Å². The first-order valence-electron chi connectivity index (χ1n) is 4.62. The van der Waals surface area contributed by atoms with Crippen LogP contribution in [0.2, 0.25) is 5.22 Å². The SMILES string of the molecule is NNC(Cc1cc(Br)cs1)c1ccoc1Cl. The van der Waals surface area contributed by atoms with Gasteiger partial charge in [0.05, 0.1) is 12.3 Å². The highest BCUT2D eigenvalue weighted by Gasteiger charge is 2.16. The number of furan rings is 1. The fourth-order valence-corrected chi connectivity index (χ4v) is 3.22. The van der Waals surface area contributed by atoms with E-state index >= 15 is 0 Å². The van der Waals surface area contributed by atoms with E-state index in [4.69, 9.17) is 21.9 Å². The van der Waals surface area contributed by atoms with Gasteiger partial charge in [-0.15, -0.1) is 11.3 Å². The third-order valence-electron chi connectivity index (χ3n) is 2.25. The first-order chi connectivity index (χ1) is 7.70. The van der Waals surface area contributed by atoms with E-state index in [1.807, 2.05) is 11.4 Å². The summed E-state index contributed by atoms with van der Waals surface area (Å²) in [4.78, 5) is 1.23. The summed E-state index contributed by atoms with van der Waals surface area (Å²) < 4.78 is 6.14. The zero-order chi connectivity index (χ0) is 11.5.